The third-order valence-electron chi connectivity index (χ3n) is 2.88. The Morgan fingerprint density at radius 2 is 2.14 bits per heavy atom. The number of carboxylic acids is 1. The molecule has 4 nitrogen and oxygen atoms in total. The van der Waals surface area contributed by atoms with Crippen LogP contribution >= 0.6 is 0 Å². The van der Waals surface area contributed by atoms with E-state index in [2.05, 4.69) is 23.9 Å². The van der Waals surface area contributed by atoms with Crippen LogP contribution in [0.4, 0.5) is 0 Å². The Morgan fingerprint density at radius 3 is 2.64 bits per heavy atom. The van der Waals surface area contributed by atoms with Crippen LogP contribution in [0.15, 0.2) is 0 Å². The largest absolute Gasteiger partial charge is 0.481 e. The van der Waals surface area contributed by atoms with Gasteiger partial charge in [0.25, 0.3) is 0 Å². The Morgan fingerprint density at radius 1 is 1.50 bits per heavy atom. The lowest BCUT2D eigenvalue weighted by Gasteiger charge is -2.38. The number of carboxylic acid groups (broad SMARTS) is 1. The van der Waals surface area contributed by atoms with Crippen molar-refractivity contribution in [3.05, 3.63) is 0 Å². The topological polar surface area (TPSA) is 43.8 Å². The van der Waals surface area contributed by atoms with Gasteiger partial charge in [0.1, 0.15) is 0 Å². The quantitative estimate of drug-likeness (QED) is 0.736. The number of carbonyl (C=O) groups is 1. The van der Waals surface area contributed by atoms with Crippen molar-refractivity contribution >= 4 is 5.97 Å². The zero-order valence-electron chi connectivity index (χ0n) is 9.07. The Kier molecular flexibility index (Phi) is 4.35. The molecule has 0 aliphatic carbocycles. The van der Waals surface area contributed by atoms with E-state index in [0.717, 1.165) is 32.5 Å². The highest BCUT2D eigenvalue weighted by Crippen LogP contribution is 2.17. The maximum absolute atomic E-state index is 10.9. The molecular weight excluding hydrogens is 180 g/mol. The first-order valence-corrected chi connectivity index (χ1v) is 5.41. The van der Waals surface area contributed by atoms with Crippen molar-refractivity contribution in [2.75, 3.05) is 26.2 Å². The first kappa shape index (κ1) is 11.5. The van der Waals surface area contributed by atoms with Gasteiger partial charge in [-0.15, -0.1) is 0 Å². The van der Waals surface area contributed by atoms with E-state index in [4.69, 9.17) is 5.11 Å². The molecule has 1 heterocycles. The van der Waals surface area contributed by atoms with Crippen molar-refractivity contribution in [2.45, 2.75) is 26.7 Å². The van der Waals surface area contributed by atoms with Gasteiger partial charge in [0, 0.05) is 26.2 Å². The highest BCUT2D eigenvalue weighted by molar-refractivity contribution is 5.70. The van der Waals surface area contributed by atoms with Crippen LogP contribution in [0.5, 0.6) is 0 Å². The van der Waals surface area contributed by atoms with E-state index in [0.29, 0.717) is 6.54 Å². The molecule has 1 atom stereocenters. The van der Waals surface area contributed by atoms with Crippen molar-refractivity contribution in [2.24, 2.45) is 5.92 Å². The van der Waals surface area contributed by atoms with Crippen LogP contribution in [0, 0.1) is 5.92 Å². The van der Waals surface area contributed by atoms with Crippen LogP contribution in [0.1, 0.15) is 26.7 Å². The maximum Gasteiger partial charge on any atom is 0.307 e. The standard InChI is InChI=1S/C10H20N2O2/c1-3-11(4-2)12-7-5-6-9(8-12)10(13)14/h9H,3-8H2,1-2H3,(H,13,14). The van der Waals surface area contributed by atoms with Crippen LogP contribution in [-0.2, 0) is 4.79 Å². The average molecular weight is 200 g/mol. The summed E-state index contributed by atoms with van der Waals surface area (Å²) in [5.74, 6) is -0.828. The van der Waals surface area contributed by atoms with Crippen LogP contribution in [-0.4, -0.2) is 47.3 Å². The van der Waals surface area contributed by atoms with E-state index in [1.807, 2.05) is 0 Å². The maximum atomic E-state index is 10.9. The van der Waals surface area contributed by atoms with Crippen molar-refractivity contribution < 1.29 is 9.90 Å². The summed E-state index contributed by atoms with van der Waals surface area (Å²) in [7, 11) is 0. The molecule has 0 aromatic carbocycles. The Balaban J connectivity index is 2.50. The predicted octanol–water partition coefficient (Wildman–Crippen LogP) is 1.04. The molecule has 0 aromatic rings. The monoisotopic (exact) mass is 200 g/mol. The first-order valence-electron chi connectivity index (χ1n) is 5.41. The molecule has 1 aliphatic rings. The van der Waals surface area contributed by atoms with E-state index in [9.17, 15) is 4.79 Å². The van der Waals surface area contributed by atoms with Gasteiger partial charge in [-0.2, -0.15) is 0 Å². The minimum Gasteiger partial charge on any atom is -0.481 e. The van der Waals surface area contributed by atoms with Crippen molar-refractivity contribution in [1.29, 1.82) is 0 Å². The second kappa shape index (κ2) is 5.32. The summed E-state index contributed by atoms with van der Waals surface area (Å²) >= 11 is 0. The highest BCUT2D eigenvalue weighted by Gasteiger charge is 2.27. The molecular formula is C10H20N2O2. The molecule has 1 aliphatic heterocycles. The van der Waals surface area contributed by atoms with Gasteiger partial charge in [0.2, 0.25) is 0 Å². The molecule has 0 radical (unpaired) electrons. The molecule has 0 saturated carbocycles. The third kappa shape index (κ3) is 2.69. The van der Waals surface area contributed by atoms with Crippen LogP contribution in [0.3, 0.4) is 0 Å². The summed E-state index contributed by atoms with van der Waals surface area (Å²) in [6.45, 7) is 7.82. The van der Waals surface area contributed by atoms with Gasteiger partial charge in [-0.1, -0.05) is 13.8 Å². The molecule has 1 fully saturated rings. The molecule has 1 N–H and O–H groups in total. The van der Waals surface area contributed by atoms with E-state index < -0.39 is 5.97 Å². The van der Waals surface area contributed by atoms with E-state index in [-0.39, 0.29) is 5.92 Å². The zero-order chi connectivity index (χ0) is 10.6. The van der Waals surface area contributed by atoms with Gasteiger partial charge in [0.05, 0.1) is 5.92 Å². The van der Waals surface area contributed by atoms with E-state index in [1.54, 1.807) is 0 Å². The molecule has 0 spiro atoms. The molecule has 4 heteroatoms. The fourth-order valence-electron chi connectivity index (χ4n) is 2.04. The molecule has 0 bridgehead atoms. The Bertz CT molecular complexity index is 193. The Labute approximate surface area is 85.5 Å². The van der Waals surface area contributed by atoms with Gasteiger partial charge in [0.15, 0.2) is 0 Å². The number of hydrazine groups is 1. The summed E-state index contributed by atoms with van der Waals surface area (Å²) in [5.41, 5.74) is 0. The number of hydrogen-bond acceptors (Lipinski definition) is 3. The molecule has 1 unspecified atom stereocenters. The molecule has 82 valence electrons. The summed E-state index contributed by atoms with van der Waals surface area (Å²) in [4.78, 5) is 10.9. The fourth-order valence-corrected chi connectivity index (χ4v) is 2.04. The summed E-state index contributed by atoms with van der Waals surface area (Å²) in [5, 5.41) is 13.3. The SMILES string of the molecule is CCN(CC)N1CCCC(C(=O)O)C1. The van der Waals surface area contributed by atoms with Crippen molar-refractivity contribution in [3.63, 3.8) is 0 Å². The average Bonchev–Trinajstić information content (AvgIpc) is 2.20. The Hall–Kier alpha value is -0.610. The number of aliphatic carboxylic acids is 1. The minimum absolute atomic E-state index is 0.177. The number of hydrogen-bond donors (Lipinski definition) is 1. The highest BCUT2D eigenvalue weighted by atomic mass is 16.4. The molecule has 1 saturated heterocycles. The minimum atomic E-state index is -0.651. The molecule has 1 rings (SSSR count). The van der Waals surface area contributed by atoms with Crippen LogP contribution in [0.25, 0.3) is 0 Å². The zero-order valence-corrected chi connectivity index (χ0v) is 9.07. The molecule has 0 amide bonds. The second-order valence-electron chi connectivity index (χ2n) is 3.73. The van der Waals surface area contributed by atoms with E-state index in [1.165, 1.54) is 0 Å². The molecule has 0 aromatic heterocycles. The fraction of sp³-hybridized carbons (Fsp3) is 0.900. The smallest absolute Gasteiger partial charge is 0.307 e. The van der Waals surface area contributed by atoms with Crippen molar-refractivity contribution in [3.8, 4) is 0 Å². The summed E-state index contributed by atoms with van der Waals surface area (Å²) in [6.07, 6.45) is 1.82. The normalized spacial score (nSPS) is 24.1. The summed E-state index contributed by atoms with van der Waals surface area (Å²) < 4.78 is 0. The number of nitrogens with zero attached hydrogens (tertiary/aromatic N) is 2. The lowest BCUT2D eigenvalue weighted by molar-refractivity contribution is -0.147. The number of piperidine rings is 1. The molecule has 14 heavy (non-hydrogen) atoms. The number of rotatable bonds is 4. The van der Waals surface area contributed by atoms with Crippen molar-refractivity contribution in [1.82, 2.24) is 10.0 Å². The predicted molar refractivity (Wildman–Crippen MR) is 54.9 cm³/mol. The lowest BCUT2D eigenvalue weighted by Crippen LogP contribution is -2.49. The van der Waals surface area contributed by atoms with Crippen LogP contribution in [0.2, 0.25) is 0 Å². The first-order chi connectivity index (χ1) is 6.69. The van der Waals surface area contributed by atoms with Gasteiger partial charge >= 0.3 is 5.97 Å². The lowest BCUT2D eigenvalue weighted by atomic mass is 9.99. The van der Waals surface area contributed by atoms with Gasteiger partial charge in [-0.3, -0.25) is 4.79 Å². The third-order valence-corrected chi connectivity index (χ3v) is 2.88. The van der Waals surface area contributed by atoms with Gasteiger partial charge in [-0.05, 0) is 12.8 Å². The van der Waals surface area contributed by atoms with Crippen LogP contribution < -0.4 is 0 Å². The van der Waals surface area contributed by atoms with E-state index >= 15 is 0 Å². The van der Waals surface area contributed by atoms with Gasteiger partial charge in [-0.25, -0.2) is 10.0 Å². The summed E-state index contributed by atoms with van der Waals surface area (Å²) in [6, 6.07) is 0. The second-order valence-corrected chi connectivity index (χ2v) is 3.73. The van der Waals surface area contributed by atoms with Gasteiger partial charge < -0.3 is 5.11 Å².